The summed E-state index contributed by atoms with van der Waals surface area (Å²) >= 11 is 0. The Kier molecular flexibility index (Phi) is 5.03. The van der Waals surface area contributed by atoms with E-state index in [-0.39, 0.29) is 30.5 Å². The van der Waals surface area contributed by atoms with Gasteiger partial charge in [0, 0.05) is 30.5 Å². The monoisotopic (exact) mass is 416 g/mol. The molecule has 1 amide bonds. The van der Waals surface area contributed by atoms with Gasteiger partial charge in [0.25, 0.3) is 5.91 Å². The predicted octanol–water partition coefficient (Wildman–Crippen LogP) is 3.14. The summed E-state index contributed by atoms with van der Waals surface area (Å²) in [5.41, 5.74) is 4.45. The molecule has 3 aromatic rings. The molecular formula is C24H24N4O3. The molecule has 158 valence electrons. The van der Waals surface area contributed by atoms with Crippen LogP contribution < -0.4 is 10.1 Å². The standard InChI is InChI=1S/C24H24N4O3/c1-31-17-4-2-3-15(11-17)16-5-6-20-19(12-16)23-18(22(14-29)27-20)7-10-28(23)24(30)21-13-25-8-9-26-21/h2-6,8-9,11-13,18,22-23,27,29H,7,10,14H2,1H3/t18-,22-,23-/m0/s1. The predicted molar refractivity (Wildman–Crippen MR) is 117 cm³/mol. The van der Waals surface area contributed by atoms with Gasteiger partial charge in [0.15, 0.2) is 0 Å². The van der Waals surface area contributed by atoms with Gasteiger partial charge in [0.2, 0.25) is 0 Å². The molecule has 2 N–H and O–H groups in total. The third-order valence-electron chi connectivity index (χ3n) is 6.32. The summed E-state index contributed by atoms with van der Waals surface area (Å²) in [6.45, 7) is 0.636. The molecule has 3 atom stereocenters. The average Bonchev–Trinajstić information content (AvgIpc) is 3.29. The van der Waals surface area contributed by atoms with Gasteiger partial charge < -0.3 is 20.1 Å². The number of carbonyl (C=O) groups is 1. The highest BCUT2D eigenvalue weighted by Crippen LogP contribution is 2.47. The molecule has 7 heteroatoms. The lowest BCUT2D eigenvalue weighted by molar-refractivity contribution is 0.0694. The number of fused-ring (bicyclic) bond motifs is 3. The van der Waals surface area contributed by atoms with Crippen molar-refractivity contribution in [2.24, 2.45) is 5.92 Å². The van der Waals surface area contributed by atoms with Gasteiger partial charge in [0.05, 0.1) is 32.0 Å². The molecule has 0 radical (unpaired) electrons. The summed E-state index contributed by atoms with van der Waals surface area (Å²) in [5.74, 6) is 0.794. The van der Waals surface area contributed by atoms with Crippen molar-refractivity contribution in [3.05, 3.63) is 72.3 Å². The highest BCUT2D eigenvalue weighted by atomic mass is 16.5. The molecule has 0 aliphatic carbocycles. The van der Waals surface area contributed by atoms with E-state index in [0.29, 0.717) is 12.2 Å². The first-order chi connectivity index (χ1) is 15.2. The van der Waals surface area contributed by atoms with Crippen LogP contribution in [-0.2, 0) is 0 Å². The maximum absolute atomic E-state index is 13.3. The fourth-order valence-corrected chi connectivity index (χ4v) is 4.83. The second kappa shape index (κ2) is 8.00. The molecule has 0 bridgehead atoms. The zero-order valence-electron chi connectivity index (χ0n) is 17.2. The van der Waals surface area contributed by atoms with Crippen LogP contribution >= 0.6 is 0 Å². The first-order valence-corrected chi connectivity index (χ1v) is 10.4. The van der Waals surface area contributed by atoms with Crippen molar-refractivity contribution in [3.8, 4) is 16.9 Å². The van der Waals surface area contributed by atoms with Gasteiger partial charge in [-0.1, -0.05) is 18.2 Å². The Morgan fingerprint density at radius 3 is 2.87 bits per heavy atom. The molecule has 0 saturated carbocycles. The van der Waals surface area contributed by atoms with E-state index in [1.807, 2.05) is 35.2 Å². The fourth-order valence-electron chi connectivity index (χ4n) is 4.83. The first kappa shape index (κ1) is 19.5. The second-order valence-corrected chi connectivity index (χ2v) is 7.95. The fraction of sp³-hybridized carbons (Fsp3) is 0.292. The Morgan fingerprint density at radius 1 is 1.23 bits per heavy atom. The number of aliphatic hydroxyl groups excluding tert-OH is 1. The molecule has 2 aromatic carbocycles. The number of hydrogen-bond acceptors (Lipinski definition) is 6. The molecule has 0 spiro atoms. The minimum absolute atomic E-state index is 0.0193. The van der Waals surface area contributed by atoms with Crippen molar-refractivity contribution in [1.29, 1.82) is 0 Å². The van der Waals surface area contributed by atoms with Gasteiger partial charge >= 0.3 is 0 Å². The smallest absolute Gasteiger partial charge is 0.274 e. The number of hydrogen-bond donors (Lipinski definition) is 2. The highest BCUT2D eigenvalue weighted by Gasteiger charge is 2.46. The van der Waals surface area contributed by atoms with Crippen LogP contribution in [0, 0.1) is 5.92 Å². The summed E-state index contributed by atoms with van der Waals surface area (Å²) in [6, 6.07) is 13.9. The van der Waals surface area contributed by atoms with Crippen LogP contribution in [-0.4, -0.2) is 52.2 Å². The normalized spacial score (nSPS) is 21.7. The quantitative estimate of drug-likeness (QED) is 0.679. The Bertz CT molecular complexity index is 1100. The van der Waals surface area contributed by atoms with Crippen LogP contribution in [0.5, 0.6) is 5.75 Å². The average molecular weight is 416 g/mol. The summed E-state index contributed by atoms with van der Waals surface area (Å²) in [5, 5.41) is 13.5. The number of methoxy groups -OCH3 is 1. The first-order valence-electron chi connectivity index (χ1n) is 10.4. The number of nitrogens with zero attached hydrogens (tertiary/aromatic N) is 3. The van der Waals surface area contributed by atoms with E-state index in [2.05, 4.69) is 27.4 Å². The van der Waals surface area contributed by atoms with E-state index in [9.17, 15) is 9.90 Å². The van der Waals surface area contributed by atoms with Crippen LogP contribution in [0.25, 0.3) is 11.1 Å². The Balaban J connectivity index is 1.57. The number of aliphatic hydroxyl groups is 1. The van der Waals surface area contributed by atoms with Crippen LogP contribution in [0.3, 0.4) is 0 Å². The third kappa shape index (κ3) is 3.41. The van der Waals surface area contributed by atoms with Gasteiger partial charge in [-0.2, -0.15) is 0 Å². The highest BCUT2D eigenvalue weighted by molar-refractivity contribution is 5.93. The van der Waals surface area contributed by atoms with E-state index in [4.69, 9.17) is 4.74 Å². The molecule has 2 aliphatic rings. The minimum atomic E-state index is -0.131. The number of nitrogens with one attached hydrogen (secondary N) is 1. The summed E-state index contributed by atoms with van der Waals surface area (Å²) in [7, 11) is 1.66. The number of carbonyl (C=O) groups excluding carboxylic acids is 1. The molecule has 1 fully saturated rings. The van der Waals surface area contributed by atoms with Crippen molar-refractivity contribution in [2.75, 3.05) is 25.6 Å². The zero-order chi connectivity index (χ0) is 21.4. The Hall–Kier alpha value is -3.45. The van der Waals surface area contributed by atoms with Gasteiger partial charge in [0.1, 0.15) is 11.4 Å². The van der Waals surface area contributed by atoms with Crippen LogP contribution in [0.1, 0.15) is 28.5 Å². The number of aromatic nitrogens is 2. The number of rotatable bonds is 4. The van der Waals surface area contributed by atoms with Gasteiger partial charge in [-0.25, -0.2) is 4.98 Å². The van der Waals surface area contributed by atoms with Gasteiger partial charge in [-0.15, -0.1) is 0 Å². The van der Waals surface area contributed by atoms with E-state index in [0.717, 1.165) is 34.5 Å². The summed E-state index contributed by atoms with van der Waals surface area (Å²) in [6.07, 6.45) is 5.42. The number of amides is 1. The summed E-state index contributed by atoms with van der Waals surface area (Å²) < 4.78 is 5.38. The largest absolute Gasteiger partial charge is 0.497 e. The lowest BCUT2D eigenvalue weighted by atomic mass is 9.82. The van der Waals surface area contributed by atoms with Crippen LogP contribution in [0.4, 0.5) is 5.69 Å². The van der Waals surface area contributed by atoms with Gasteiger partial charge in [-0.05, 0) is 47.4 Å². The van der Waals surface area contributed by atoms with E-state index < -0.39 is 0 Å². The zero-order valence-corrected chi connectivity index (χ0v) is 17.2. The minimum Gasteiger partial charge on any atom is -0.497 e. The Labute approximate surface area is 180 Å². The topological polar surface area (TPSA) is 87.6 Å². The molecule has 0 unspecified atom stereocenters. The van der Waals surface area contributed by atoms with Crippen molar-refractivity contribution in [1.82, 2.24) is 14.9 Å². The molecule has 1 aromatic heterocycles. The van der Waals surface area contributed by atoms with E-state index in [1.54, 1.807) is 13.3 Å². The molecular weight excluding hydrogens is 392 g/mol. The van der Waals surface area contributed by atoms with E-state index >= 15 is 0 Å². The maximum atomic E-state index is 13.3. The molecule has 5 rings (SSSR count). The number of ether oxygens (including phenoxy) is 1. The SMILES string of the molecule is COc1cccc(-c2ccc3c(c2)[C@@H]2[C@@H](CCN2C(=O)c2cnccn2)[C@H](CO)N3)c1. The van der Waals surface area contributed by atoms with Crippen molar-refractivity contribution < 1.29 is 14.6 Å². The van der Waals surface area contributed by atoms with Crippen molar-refractivity contribution in [3.63, 3.8) is 0 Å². The molecule has 1 saturated heterocycles. The second-order valence-electron chi connectivity index (χ2n) is 7.95. The van der Waals surface area contributed by atoms with Crippen LogP contribution in [0.15, 0.2) is 61.1 Å². The van der Waals surface area contributed by atoms with E-state index in [1.165, 1.54) is 12.4 Å². The Morgan fingerprint density at radius 2 is 2.10 bits per heavy atom. The number of benzene rings is 2. The summed E-state index contributed by atoms with van der Waals surface area (Å²) in [4.78, 5) is 23.4. The number of anilines is 1. The van der Waals surface area contributed by atoms with Gasteiger partial charge in [-0.3, -0.25) is 9.78 Å². The third-order valence-corrected chi connectivity index (χ3v) is 6.32. The molecule has 3 heterocycles. The van der Waals surface area contributed by atoms with Crippen molar-refractivity contribution >= 4 is 11.6 Å². The van der Waals surface area contributed by atoms with Crippen LogP contribution in [0.2, 0.25) is 0 Å². The number of likely N-dealkylation sites (tertiary alicyclic amines) is 1. The molecule has 7 nitrogen and oxygen atoms in total. The maximum Gasteiger partial charge on any atom is 0.274 e. The van der Waals surface area contributed by atoms with Crippen molar-refractivity contribution in [2.45, 2.75) is 18.5 Å². The molecule has 2 aliphatic heterocycles. The lowest BCUT2D eigenvalue weighted by Crippen LogP contribution is -2.43. The lowest BCUT2D eigenvalue weighted by Gasteiger charge is -2.39. The molecule has 31 heavy (non-hydrogen) atoms.